The molecular weight excluding hydrogens is 280 g/mol. The molecule has 0 radical (unpaired) electrons. The highest BCUT2D eigenvalue weighted by Crippen LogP contribution is 2.18. The van der Waals surface area contributed by atoms with Gasteiger partial charge in [0.25, 0.3) is 0 Å². The molecule has 0 saturated carbocycles. The first-order chi connectivity index (χ1) is 10.4. The standard InChI is InChI=1S/C18H34O4/c1-6-7-8-9-10-16(18(20)22-13-15(4)5)11-17(19)21-12-14(2)3/h14-16H,6-13H2,1-5H3. The second kappa shape index (κ2) is 12.5. The van der Waals surface area contributed by atoms with E-state index in [0.29, 0.717) is 31.5 Å². The number of hydrogen-bond donors (Lipinski definition) is 0. The number of carbonyl (C=O) groups is 2. The van der Waals surface area contributed by atoms with Gasteiger partial charge in [0.2, 0.25) is 0 Å². The van der Waals surface area contributed by atoms with Gasteiger partial charge in [0.1, 0.15) is 0 Å². The van der Waals surface area contributed by atoms with Crippen molar-refractivity contribution in [2.45, 2.75) is 73.1 Å². The number of carbonyl (C=O) groups excluding carboxylic acids is 2. The van der Waals surface area contributed by atoms with Crippen LogP contribution in [0.15, 0.2) is 0 Å². The van der Waals surface area contributed by atoms with E-state index in [0.717, 1.165) is 25.7 Å². The second-order valence-corrected chi connectivity index (χ2v) is 6.85. The molecule has 0 aliphatic rings. The number of hydrogen-bond acceptors (Lipinski definition) is 4. The van der Waals surface area contributed by atoms with Crippen molar-refractivity contribution < 1.29 is 19.1 Å². The zero-order valence-corrected chi connectivity index (χ0v) is 15.0. The molecule has 22 heavy (non-hydrogen) atoms. The van der Waals surface area contributed by atoms with Crippen molar-refractivity contribution in [1.82, 2.24) is 0 Å². The van der Waals surface area contributed by atoms with Crippen molar-refractivity contribution in [2.75, 3.05) is 13.2 Å². The minimum Gasteiger partial charge on any atom is -0.465 e. The van der Waals surface area contributed by atoms with Crippen LogP contribution in [0.3, 0.4) is 0 Å². The van der Waals surface area contributed by atoms with Crippen LogP contribution in [0.5, 0.6) is 0 Å². The molecule has 0 fully saturated rings. The molecule has 4 nitrogen and oxygen atoms in total. The van der Waals surface area contributed by atoms with Crippen molar-refractivity contribution in [3.63, 3.8) is 0 Å². The summed E-state index contributed by atoms with van der Waals surface area (Å²) in [5.41, 5.74) is 0. The Balaban J connectivity index is 4.36. The van der Waals surface area contributed by atoms with E-state index >= 15 is 0 Å². The second-order valence-electron chi connectivity index (χ2n) is 6.85. The highest BCUT2D eigenvalue weighted by Gasteiger charge is 2.24. The molecule has 1 unspecified atom stereocenters. The summed E-state index contributed by atoms with van der Waals surface area (Å²) < 4.78 is 10.5. The molecule has 0 rings (SSSR count). The summed E-state index contributed by atoms with van der Waals surface area (Å²) in [4.78, 5) is 24.0. The summed E-state index contributed by atoms with van der Waals surface area (Å²) in [5.74, 6) is -0.310. The van der Waals surface area contributed by atoms with Gasteiger partial charge in [-0.25, -0.2) is 0 Å². The van der Waals surface area contributed by atoms with Crippen molar-refractivity contribution in [3.05, 3.63) is 0 Å². The van der Waals surface area contributed by atoms with Gasteiger partial charge in [0.05, 0.1) is 25.6 Å². The third-order valence-corrected chi connectivity index (χ3v) is 3.29. The van der Waals surface area contributed by atoms with Crippen LogP contribution < -0.4 is 0 Å². The summed E-state index contributed by atoms with van der Waals surface area (Å²) in [6, 6.07) is 0. The number of unbranched alkanes of at least 4 members (excludes halogenated alkanes) is 3. The zero-order chi connectivity index (χ0) is 17.0. The predicted octanol–water partition coefficient (Wildman–Crippen LogP) is 4.36. The van der Waals surface area contributed by atoms with Crippen LogP contribution in [0.1, 0.15) is 73.1 Å². The highest BCUT2D eigenvalue weighted by atomic mass is 16.5. The minimum absolute atomic E-state index is 0.135. The Bertz CT molecular complexity index is 310. The van der Waals surface area contributed by atoms with E-state index in [4.69, 9.17) is 9.47 Å². The van der Waals surface area contributed by atoms with Gasteiger partial charge >= 0.3 is 11.9 Å². The largest absolute Gasteiger partial charge is 0.465 e. The quantitative estimate of drug-likeness (QED) is 0.397. The van der Waals surface area contributed by atoms with E-state index in [2.05, 4.69) is 6.92 Å². The van der Waals surface area contributed by atoms with Crippen molar-refractivity contribution in [3.8, 4) is 0 Å². The Morgan fingerprint density at radius 3 is 2.00 bits per heavy atom. The number of ether oxygens (including phenoxy) is 2. The first kappa shape index (κ1) is 20.9. The van der Waals surface area contributed by atoms with E-state index in [1.54, 1.807) is 0 Å². The van der Waals surface area contributed by atoms with Crippen LogP contribution in [0, 0.1) is 17.8 Å². The molecule has 0 aliphatic carbocycles. The fraction of sp³-hybridized carbons (Fsp3) is 0.889. The fourth-order valence-corrected chi connectivity index (χ4v) is 2.01. The molecule has 1 atom stereocenters. The Labute approximate surface area is 135 Å². The summed E-state index contributed by atoms with van der Waals surface area (Å²) in [5, 5.41) is 0. The van der Waals surface area contributed by atoms with Crippen LogP contribution in [-0.4, -0.2) is 25.2 Å². The molecule has 0 N–H and O–H groups in total. The fourth-order valence-electron chi connectivity index (χ4n) is 2.01. The normalized spacial score (nSPS) is 12.5. The average molecular weight is 314 g/mol. The zero-order valence-electron chi connectivity index (χ0n) is 15.0. The maximum atomic E-state index is 12.2. The lowest BCUT2D eigenvalue weighted by molar-refractivity contribution is -0.156. The predicted molar refractivity (Wildman–Crippen MR) is 88.5 cm³/mol. The Kier molecular flexibility index (Phi) is 11.9. The van der Waals surface area contributed by atoms with E-state index < -0.39 is 0 Å². The van der Waals surface area contributed by atoms with Crippen molar-refractivity contribution >= 4 is 11.9 Å². The van der Waals surface area contributed by atoms with Gasteiger partial charge < -0.3 is 9.47 Å². The maximum absolute atomic E-state index is 12.2. The number of rotatable bonds is 12. The third kappa shape index (κ3) is 11.6. The summed E-state index contributed by atoms with van der Waals surface area (Å²) in [6.07, 6.45) is 5.19. The van der Waals surface area contributed by atoms with E-state index in [1.807, 2.05) is 27.7 Å². The maximum Gasteiger partial charge on any atom is 0.309 e. The minimum atomic E-state index is -0.365. The highest BCUT2D eigenvalue weighted by molar-refractivity contribution is 5.79. The Hall–Kier alpha value is -1.06. The number of esters is 2. The topological polar surface area (TPSA) is 52.6 Å². The molecule has 130 valence electrons. The van der Waals surface area contributed by atoms with E-state index in [9.17, 15) is 9.59 Å². The molecule has 0 amide bonds. The van der Waals surface area contributed by atoms with Gasteiger partial charge in [-0.2, -0.15) is 0 Å². The molecular formula is C18H34O4. The monoisotopic (exact) mass is 314 g/mol. The van der Waals surface area contributed by atoms with Gasteiger partial charge in [-0.1, -0.05) is 60.3 Å². The van der Waals surface area contributed by atoms with Gasteiger partial charge in [0.15, 0.2) is 0 Å². The summed E-state index contributed by atoms with van der Waals surface area (Å²) in [7, 11) is 0. The molecule has 0 aromatic rings. The molecule has 0 aromatic carbocycles. The van der Waals surface area contributed by atoms with Gasteiger partial charge in [-0.15, -0.1) is 0 Å². The lowest BCUT2D eigenvalue weighted by Gasteiger charge is -2.17. The Morgan fingerprint density at radius 1 is 0.864 bits per heavy atom. The molecule has 0 bridgehead atoms. The SMILES string of the molecule is CCCCCCC(CC(=O)OCC(C)C)C(=O)OCC(C)C. The van der Waals surface area contributed by atoms with Crippen LogP contribution in [0.2, 0.25) is 0 Å². The van der Waals surface area contributed by atoms with Crippen molar-refractivity contribution in [2.24, 2.45) is 17.8 Å². The van der Waals surface area contributed by atoms with Crippen LogP contribution in [0.4, 0.5) is 0 Å². The molecule has 0 aliphatic heterocycles. The third-order valence-electron chi connectivity index (χ3n) is 3.29. The lowest BCUT2D eigenvalue weighted by atomic mass is 9.97. The summed E-state index contributed by atoms with van der Waals surface area (Å²) in [6.45, 7) is 10.9. The van der Waals surface area contributed by atoms with E-state index in [1.165, 1.54) is 0 Å². The van der Waals surface area contributed by atoms with Gasteiger partial charge in [-0.3, -0.25) is 9.59 Å². The van der Waals surface area contributed by atoms with Crippen molar-refractivity contribution in [1.29, 1.82) is 0 Å². The van der Waals surface area contributed by atoms with Gasteiger partial charge in [0, 0.05) is 0 Å². The first-order valence-electron chi connectivity index (χ1n) is 8.69. The average Bonchev–Trinajstić information content (AvgIpc) is 2.45. The molecule has 0 saturated heterocycles. The Morgan fingerprint density at radius 2 is 1.45 bits per heavy atom. The van der Waals surface area contributed by atoms with Crippen LogP contribution >= 0.6 is 0 Å². The summed E-state index contributed by atoms with van der Waals surface area (Å²) >= 11 is 0. The van der Waals surface area contributed by atoms with Crippen LogP contribution in [0.25, 0.3) is 0 Å². The van der Waals surface area contributed by atoms with Crippen LogP contribution in [-0.2, 0) is 19.1 Å². The van der Waals surface area contributed by atoms with E-state index in [-0.39, 0.29) is 24.3 Å². The van der Waals surface area contributed by atoms with Gasteiger partial charge in [-0.05, 0) is 18.3 Å². The lowest BCUT2D eigenvalue weighted by Crippen LogP contribution is -2.24. The molecule has 0 spiro atoms. The smallest absolute Gasteiger partial charge is 0.309 e. The molecule has 0 heterocycles. The first-order valence-corrected chi connectivity index (χ1v) is 8.69. The molecule has 0 aromatic heterocycles. The molecule has 4 heteroatoms.